The highest BCUT2D eigenvalue weighted by Gasteiger charge is 2.28. The van der Waals surface area contributed by atoms with Gasteiger partial charge in [-0.15, -0.1) is 0 Å². The fourth-order valence-corrected chi connectivity index (χ4v) is 4.03. The number of carbonyl (C=O) groups excluding carboxylic acids is 3. The summed E-state index contributed by atoms with van der Waals surface area (Å²) in [6.45, 7) is 3.73. The van der Waals surface area contributed by atoms with E-state index in [2.05, 4.69) is 20.7 Å². The van der Waals surface area contributed by atoms with Crippen LogP contribution in [0.1, 0.15) is 37.6 Å². The lowest BCUT2D eigenvalue weighted by atomic mass is 9.96. The largest absolute Gasteiger partial charge is 0.343 e. The molecule has 0 unspecified atom stereocenters. The Morgan fingerprint density at radius 2 is 1.82 bits per heavy atom. The summed E-state index contributed by atoms with van der Waals surface area (Å²) in [5.74, 6) is 0.125. The SMILES string of the molecule is CC(=O)N1CCC(C(=O)Nc2cc3n(n2)CCN(C(=O)Nc2ccnc(C(F)F)c2)C3)CC1. The second kappa shape index (κ2) is 9.51. The van der Waals surface area contributed by atoms with Gasteiger partial charge in [-0.05, 0) is 25.0 Å². The Morgan fingerprint density at radius 1 is 1.06 bits per heavy atom. The number of amides is 4. The van der Waals surface area contributed by atoms with Gasteiger partial charge >= 0.3 is 6.03 Å². The molecule has 0 aromatic carbocycles. The van der Waals surface area contributed by atoms with E-state index in [1.807, 2.05) is 0 Å². The summed E-state index contributed by atoms with van der Waals surface area (Å²) in [6, 6.07) is 3.90. The Hall–Kier alpha value is -3.57. The molecule has 0 radical (unpaired) electrons. The number of nitrogens with one attached hydrogen (secondary N) is 2. The number of alkyl halides is 2. The van der Waals surface area contributed by atoms with Gasteiger partial charge in [0, 0.05) is 50.4 Å². The van der Waals surface area contributed by atoms with E-state index in [9.17, 15) is 23.2 Å². The number of piperidine rings is 1. The maximum atomic E-state index is 12.8. The van der Waals surface area contributed by atoms with E-state index in [4.69, 9.17) is 0 Å². The number of nitrogens with zero attached hydrogens (tertiary/aromatic N) is 5. The molecule has 0 atom stereocenters. The molecular weight excluding hydrogens is 436 g/mol. The molecule has 1 saturated heterocycles. The van der Waals surface area contributed by atoms with Gasteiger partial charge in [0.1, 0.15) is 5.69 Å². The van der Waals surface area contributed by atoms with E-state index in [0.29, 0.717) is 44.8 Å². The van der Waals surface area contributed by atoms with E-state index in [1.165, 1.54) is 19.2 Å². The van der Waals surface area contributed by atoms with Crippen LogP contribution in [0.4, 0.5) is 25.1 Å². The Morgan fingerprint density at radius 3 is 2.52 bits per heavy atom. The molecule has 10 nitrogen and oxygen atoms in total. The van der Waals surface area contributed by atoms with Crippen molar-refractivity contribution in [3.8, 4) is 0 Å². The predicted molar refractivity (Wildman–Crippen MR) is 114 cm³/mol. The standard InChI is InChI=1S/C21H25F2N7O3/c1-13(31)28-6-3-14(4-7-28)20(32)26-18-11-16-12-29(8-9-30(16)27-18)21(33)25-15-2-5-24-17(10-15)19(22)23/h2,5,10-11,14,19H,3-4,6-9,12H2,1H3,(H,24,25,33)(H,26,27,32). The van der Waals surface area contributed by atoms with Crippen LogP contribution in [-0.4, -0.2) is 62.0 Å². The summed E-state index contributed by atoms with van der Waals surface area (Å²) >= 11 is 0. The predicted octanol–water partition coefficient (Wildman–Crippen LogP) is 2.46. The molecular formula is C21H25F2N7O3. The zero-order chi connectivity index (χ0) is 23.5. The summed E-state index contributed by atoms with van der Waals surface area (Å²) in [6.07, 6.45) is -0.285. The van der Waals surface area contributed by atoms with Gasteiger partial charge < -0.3 is 20.4 Å². The highest BCUT2D eigenvalue weighted by molar-refractivity contribution is 5.92. The zero-order valence-electron chi connectivity index (χ0n) is 18.1. The van der Waals surface area contributed by atoms with Crippen LogP contribution in [0, 0.1) is 5.92 Å². The van der Waals surface area contributed by atoms with Gasteiger partial charge in [-0.3, -0.25) is 19.3 Å². The molecule has 1 fully saturated rings. The monoisotopic (exact) mass is 461 g/mol. The van der Waals surface area contributed by atoms with E-state index in [0.717, 1.165) is 11.8 Å². The minimum absolute atomic E-state index is 0.0163. The first-order chi connectivity index (χ1) is 15.8. The van der Waals surface area contributed by atoms with Crippen molar-refractivity contribution < 1.29 is 23.2 Å². The van der Waals surface area contributed by atoms with Gasteiger partial charge in [-0.25, -0.2) is 13.6 Å². The molecule has 2 aromatic heterocycles. The van der Waals surface area contributed by atoms with E-state index >= 15 is 0 Å². The first kappa shape index (κ1) is 22.6. The number of fused-ring (bicyclic) bond motifs is 1. The van der Waals surface area contributed by atoms with Crippen molar-refractivity contribution >= 4 is 29.4 Å². The van der Waals surface area contributed by atoms with Crippen LogP contribution in [-0.2, 0) is 22.7 Å². The van der Waals surface area contributed by atoms with E-state index < -0.39 is 18.2 Å². The molecule has 0 bridgehead atoms. The molecule has 4 amide bonds. The molecule has 33 heavy (non-hydrogen) atoms. The van der Waals surface area contributed by atoms with Gasteiger partial charge in [0.15, 0.2) is 5.82 Å². The Bertz CT molecular complexity index is 1050. The second-order valence-electron chi connectivity index (χ2n) is 8.14. The summed E-state index contributed by atoms with van der Waals surface area (Å²) in [7, 11) is 0. The molecule has 0 saturated carbocycles. The van der Waals surface area contributed by atoms with E-state index in [1.54, 1.807) is 20.5 Å². The maximum absolute atomic E-state index is 12.8. The number of urea groups is 1. The summed E-state index contributed by atoms with van der Waals surface area (Å²) in [4.78, 5) is 43.5. The van der Waals surface area contributed by atoms with Crippen LogP contribution in [0.25, 0.3) is 0 Å². The van der Waals surface area contributed by atoms with Gasteiger partial charge in [-0.2, -0.15) is 5.10 Å². The molecule has 176 valence electrons. The van der Waals surface area contributed by atoms with Crippen LogP contribution in [0.3, 0.4) is 0 Å². The van der Waals surface area contributed by atoms with Crippen molar-refractivity contribution in [3.63, 3.8) is 0 Å². The summed E-state index contributed by atoms with van der Waals surface area (Å²) < 4.78 is 27.4. The number of hydrogen-bond acceptors (Lipinski definition) is 5. The minimum atomic E-state index is -2.72. The first-order valence-corrected chi connectivity index (χ1v) is 10.7. The lowest BCUT2D eigenvalue weighted by molar-refractivity contribution is -0.132. The molecule has 2 N–H and O–H groups in total. The zero-order valence-corrected chi connectivity index (χ0v) is 18.1. The van der Waals surface area contributed by atoms with Gasteiger partial charge in [0.05, 0.1) is 18.8 Å². The van der Waals surface area contributed by atoms with Gasteiger partial charge in [0.2, 0.25) is 11.8 Å². The van der Waals surface area contributed by atoms with Crippen LogP contribution in [0.5, 0.6) is 0 Å². The molecule has 12 heteroatoms. The Kier molecular flexibility index (Phi) is 6.52. The topological polar surface area (TPSA) is 112 Å². The van der Waals surface area contributed by atoms with E-state index in [-0.39, 0.29) is 30.0 Å². The minimum Gasteiger partial charge on any atom is -0.343 e. The van der Waals surface area contributed by atoms with Crippen LogP contribution in [0.2, 0.25) is 0 Å². The summed E-state index contributed by atoms with van der Waals surface area (Å²) in [5, 5.41) is 9.87. The number of hydrogen-bond donors (Lipinski definition) is 2. The van der Waals surface area contributed by atoms with Crippen molar-refractivity contribution in [2.75, 3.05) is 30.3 Å². The molecule has 2 aromatic rings. The normalized spacial score (nSPS) is 16.5. The van der Waals surface area contributed by atoms with Crippen molar-refractivity contribution in [1.29, 1.82) is 0 Å². The number of rotatable bonds is 4. The number of aromatic nitrogens is 3. The molecule has 2 aliphatic rings. The molecule has 2 aliphatic heterocycles. The lowest BCUT2D eigenvalue weighted by Crippen LogP contribution is -2.40. The smallest absolute Gasteiger partial charge is 0.322 e. The third-order valence-corrected chi connectivity index (χ3v) is 5.90. The van der Waals surface area contributed by atoms with Crippen LogP contribution >= 0.6 is 0 Å². The van der Waals surface area contributed by atoms with Crippen molar-refractivity contribution in [3.05, 3.63) is 35.8 Å². The number of pyridine rings is 1. The molecule has 4 heterocycles. The molecule has 4 rings (SSSR count). The molecule has 0 aliphatic carbocycles. The van der Waals surface area contributed by atoms with Crippen LogP contribution in [0.15, 0.2) is 24.4 Å². The quantitative estimate of drug-likeness (QED) is 0.727. The van der Waals surface area contributed by atoms with Gasteiger partial charge in [0.25, 0.3) is 6.43 Å². The van der Waals surface area contributed by atoms with Crippen molar-refractivity contribution in [2.24, 2.45) is 5.92 Å². The maximum Gasteiger partial charge on any atom is 0.322 e. The Labute approximate surface area is 188 Å². The number of anilines is 2. The summed E-state index contributed by atoms with van der Waals surface area (Å²) in [5.41, 5.74) is 0.589. The third-order valence-electron chi connectivity index (χ3n) is 5.90. The van der Waals surface area contributed by atoms with Crippen molar-refractivity contribution in [2.45, 2.75) is 39.3 Å². The Balaban J connectivity index is 1.33. The highest BCUT2D eigenvalue weighted by Crippen LogP contribution is 2.23. The second-order valence-corrected chi connectivity index (χ2v) is 8.14. The van der Waals surface area contributed by atoms with Crippen molar-refractivity contribution in [1.82, 2.24) is 24.6 Å². The fourth-order valence-electron chi connectivity index (χ4n) is 4.03. The first-order valence-electron chi connectivity index (χ1n) is 10.7. The average Bonchev–Trinajstić information content (AvgIpc) is 3.20. The number of halogens is 2. The number of likely N-dealkylation sites (tertiary alicyclic amines) is 1. The lowest BCUT2D eigenvalue weighted by Gasteiger charge is -2.30. The van der Waals surface area contributed by atoms with Crippen LogP contribution < -0.4 is 10.6 Å². The van der Waals surface area contributed by atoms with Gasteiger partial charge in [-0.1, -0.05) is 0 Å². The third kappa shape index (κ3) is 5.26. The average molecular weight is 461 g/mol. The highest BCUT2D eigenvalue weighted by atomic mass is 19.3. The number of carbonyl (C=O) groups is 3. The fraction of sp³-hybridized carbons (Fsp3) is 0.476. The molecule has 0 spiro atoms.